The summed E-state index contributed by atoms with van der Waals surface area (Å²) in [5.74, 6) is 1.49. The highest BCUT2D eigenvalue weighted by Crippen LogP contribution is 2.30. The Morgan fingerprint density at radius 3 is 2.61 bits per heavy atom. The minimum Gasteiger partial charge on any atom is -0.490 e. The summed E-state index contributed by atoms with van der Waals surface area (Å²) in [6.07, 6.45) is 4.30. The molecule has 1 aliphatic heterocycles. The Balaban J connectivity index is 1.50. The number of pyridine rings is 1. The number of carbonyl (C=O) groups excluding carboxylic acids is 1. The fourth-order valence-electron chi connectivity index (χ4n) is 2.25. The van der Waals surface area contributed by atoms with Crippen LogP contribution in [0.5, 0.6) is 11.5 Å². The first-order valence-corrected chi connectivity index (χ1v) is 7.60. The van der Waals surface area contributed by atoms with E-state index in [0.717, 1.165) is 29.0 Å². The fraction of sp³-hybridized carbons (Fsp3) is 0.294. The van der Waals surface area contributed by atoms with Crippen molar-refractivity contribution >= 4 is 6.03 Å². The monoisotopic (exact) mass is 313 g/mol. The van der Waals surface area contributed by atoms with Crippen molar-refractivity contribution in [2.75, 3.05) is 13.2 Å². The van der Waals surface area contributed by atoms with Crippen LogP contribution in [0.2, 0.25) is 0 Å². The summed E-state index contributed by atoms with van der Waals surface area (Å²) in [5, 5.41) is 5.62. The minimum atomic E-state index is -0.221. The Hall–Kier alpha value is -2.76. The van der Waals surface area contributed by atoms with Gasteiger partial charge >= 0.3 is 6.03 Å². The molecule has 0 unspecified atom stereocenters. The highest BCUT2D eigenvalue weighted by molar-refractivity contribution is 5.73. The van der Waals surface area contributed by atoms with Crippen LogP contribution < -0.4 is 20.1 Å². The van der Waals surface area contributed by atoms with Crippen molar-refractivity contribution in [1.82, 2.24) is 15.6 Å². The zero-order valence-electron chi connectivity index (χ0n) is 12.7. The minimum absolute atomic E-state index is 0.221. The largest absolute Gasteiger partial charge is 0.490 e. The summed E-state index contributed by atoms with van der Waals surface area (Å²) < 4.78 is 11.2. The zero-order chi connectivity index (χ0) is 15.9. The maximum atomic E-state index is 11.8. The SMILES string of the molecule is O=C(NCc1cccnc1)NCc1ccc2c(c1)OCCCO2. The lowest BCUT2D eigenvalue weighted by molar-refractivity contribution is 0.240. The molecule has 1 aromatic carbocycles. The van der Waals surface area contributed by atoms with Crippen LogP contribution in [0.4, 0.5) is 4.79 Å². The number of amides is 2. The molecular formula is C17H19N3O3. The number of urea groups is 1. The molecule has 6 heteroatoms. The molecule has 1 aromatic heterocycles. The van der Waals surface area contributed by atoms with E-state index < -0.39 is 0 Å². The average molecular weight is 313 g/mol. The van der Waals surface area contributed by atoms with Gasteiger partial charge in [-0.25, -0.2) is 4.79 Å². The molecule has 1 aliphatic rings. The molecule has 2 N–H and O–H groups in total. The third-order valence-electron chi connectivity index (χ3n) is 3.44. The van der Waals surface area contributed by atoms with Gasteiger partial charge in [-0.05, 0) is 29.3 Å². The molecule has 2 heterocycles. The van der Waals surface area contributed by atoms with Gasteiger partial charge in [0.2, 0.25) is 0 Å². The van der Waals surface area contributed by atoms with Crippen LogP contribution >= 0.6 is 0 Å². The summed E-state index contributed by atoms with van der Waals surface area (Å²) in [6, 6.07) is 9.24. The molecule has 6 nitrogen and oxygen atoms in total. The molecule has 0 atom stereocenters. The topological polar surface area (TPSA) is 72.5 Å². The number of aromatic nitrogens is 1. The quantitative estimate of drug-likeness (QED) is 0.908. The first kappa shape index (κ1) is 15.1. The van der Waals surface area contributed by atoms with Gasteiger partial charge in [-0.2, -0.15) is 0 Å². The summed E-state index contributed by atoms with van der Waals surface area (Å²) >= 11 is 0. The number of carbonyl (C=O) groups is 1. The highest BCUT2D eigenvalue weighted by atomic mass is 16.5. The number of fused-ring (bicyclic) bond motifs is 1. The Morgan fingerprint density at radius 1 is 1.04 bits per heavy atom. The van der Waals surface area contributed by atoms with Gasteiger partial charge in [0.05, 0.1) is 13.2 Å². The lowest BCUT2D eigenvalue weighted by atomic mass is 10.2. The number of rotatable bonds is 4. The number of benzene rings is 1. The van der Waals surface area contributed by atoms with Crippen LogP contribution in [0.3, 0.4) is 0 Å². The van der Waals surface area contributed by atoms with Crippen LogP contribution in [0.1, 0.15) is 17.5 Å². The molecule has 3 rings (SSSR count). The first-order chi connectivity index (χ1) is 11.3. The second kappa shape index (κ2) is 7.49. The Morgan fingerprint density at radius 2 is 1.83 bits per heavy atom. The summed E-state index contributed by atoms with van der Waals surface area (Å²) in [7, 11) is 0. The van der Waals surface area contributed by atoms with E-state index >= 15 is 0 Å². The van der Waals surface area contributed by atoms with Crippen LogP contribution in [-0.4, -0.2) is 24.2 Å². The summed E-state index contributed by atoms with van der Waals surface area (Å²) in [5.41, 5.74) is 1.92. The van der Waals surface area contributed by atoms with E-state index in [1.165, 1.54) is 0 Å². The van der Waals surface area contributed by atoms with E-state index in [0.29, 0.717) is 26.3 Å². The molecule has 0 radical (unpaired) electrons. The number of ether oxygens (including phenoxy) is 2. The molecule has 0 saturated heterocycles. The van der Waals surface area contributed by atoms with Gasteiger partial charge in [0.15, 0.2) is 11.5 Å². The lowest BCUT2D eigenvalue weighted by Gasteiger charge is -2.11. The number of hydrogen-bond acceptors (Lipinski definition) is 4. The Kier molecular flexibility index (Phi) is 4.93. The fourth-order valence-corrected chi connectivity index (χ4v) is 2.25. The molecule has 23 heavy (non-hydrogen) atoms. The van der Waals surface area contributed by atoms with Gasteiger partial charge in [0, 0.05) is 31.9 Å². The standard InChI is InChI=1S/C17H19N3O3/c21-17(20-12-14-3-1-6-18-10-14)19-11-13-4-5-15-16(9-13)23-8-2-7-22-15/h1,3-6,9-10H,2,7-8,11-12H2,(H2,19,20,21). The smallest absolute Gasteiger partial charge is 0.315 e. The third kappa shape index (κ3) is 4.35. The first-order valence-electron chi connectivity index (χ1n) is 7.60. The number of hydrogen-bond donors (Lipinski definition) is 2. The maximum absolute atomic E-state index is 11.8. The normalized spacial score (nSPS) is 13.0. The molecule has 0 saturated carbocycles. The molecule has 0 fully saturated rings. The van der Waals surface area contributed by atoms with E-state index in [2.05, 4.69) is 15.6 Å². The van der Waals surface area contributed by atoms with Gasteiger partial charge in [-0.3, -0.25) is 4.98 Å². The number of nitrogens with one attached hydrogen (secondary N) is 2. The second-order valence-electron chi connectivity index (χ2n) is 5.23. The molecular weight excluding hydrogens is 294 g/mol. The predicted octanol–water partition coefficient (Wildman–Crippen LogP) is 2.24. The summed E-state index contributed by atoms with van der Waals surface area (Å²) in [6.45, 7) is 2.19. The molecule has 0 spiro atoms. The lowest BCUT2D eigenvalue weighted by Crippen LogP contribution is -2.34. The van der Waals surface area contributed by atoms with Crippen molar-refractivity contribution in [3.63, 3.8) is 0 Å². The van der Waals surface area contributed by atoms with Crippen molar-refractivity contribution in [2.24, 2.45) is 0 Å². The van der Waals surface area contributed by atoms with E-state index in [-0.39, 0.29) is 6.03 Å². The van der Waals surface area contributed by atoms with Crippen LogP contribution in [-0.2, 0) is 13.1 Å². The molecule has 0 aliphatic carbocycles. The van der Waals surface area contributed by atoms with Gasteiger partial charge in [-0.15, -0.1) is 0 Å². The molecule has 2 aromatic rings. The van der Waals surface area contributed by atoms with Crippen LogP contribution in [0.15, 0.2) is 42.7 Å². The van der Waals surface area contributed by atoms with Gasteiger partial charge < -0.3 is 20.1 Å². The molecule has 2 amide bonds. The van der Waals surface area contributed by atoms with Crippen molar-refractivity contribution < 1.29 is 14.3 Å². The third-order valence-corrected chi connectivity index (χ3v) is 3.44. The Bertz CT molecular complexity index is 661. The van der Waals surface area contributed by atoms with Crippen molar-refractivity contribution in [2.45, 2.75) is 19.5 Å². The zero-order valence-corrected chi connectivity index (χ0v) is 12.7. The van der Waals surface area contributed by atoms with E-state index in [1.54, 1.807) is 12.4 Å². The van der Waals surface area contributed by atoms with Gasteiger partial charge in [0.25, 0.3) is 0 Å². The van der Waals surface area contributed by atoms with Crippen molar-refractivity contribution in [3.05, 3.63) is 53.9 Å². The van der Waals surface area contributed by atoms with E-state index in [4.69, 9.17) is 9.47 Å². The van der Waals surface area contributed by atoms with E-state index in [9.17, 15) is 4.79 Å². The average Bonchev–Trinajstić information content (AvgIpc) is 2.84. The predicted molar refractivity (Wildman–Crippen MR) is 85.4 cm³/mol. The van der Waals surface area contributed by atoms with Crippen molar-refractivity contribution in [3.8, 4) is 11.5 Å². The van der Waals surface area contributed by atoms with Crippen LogP contribution in [0, 0.1) is 0 Å². The summed E-state index contributed by atoms with van der Waals surface area (Å²) in [4.78, 5) is 15.8. The van der Waals surface area contributed by atoms with Gasteiger partial charge in [0.1, 0.15) is 0 Å². The highest BCUT2D eigenvalue weighted by Gasteiger charge is 2.11. The van der Waals surface area contributed by atoms with Crippen molar-refractivity contribution in [1.29, 1.82) is 0 Å². The molecule has 120 valence electrons. The Labute approximate surface area is 134 Å². The van der Waals surface area contributed by atoms with Gasteiger partial charge in [-0.1, -0.05) is 12.1 Å². The molecule has 0 bridgehead atoms. The second-order valence-corrected chi connectivity index (χ2v) is 5.23. The van der Waals surface area contributed by atoms with Crippen LogP contribution in [0.25, 0.3) is 0 Å². The van der Waals surface area contributed by atoms with E-state index in [1.807, 2.05) is 30.3 Å². The number of nitrogens with zero attached hydrogens (tertiary/aromatic N) is 1. The maximum Gasteiger partial charge on any atom is 0.315 e.